The second-order valence-electron chi connectivity index (χ2n) is 7.35. The molecule has 5 nitrogen and oxygen atoms in total. The van der Waals surface area contributed by atoms with Gasteiger partial charge in [0.2, 0.25) is 0 Å². The van der Waals surface area contributed by atoms with Crippen LogP contribution in [0.15, 0.2) is 29.6 Å². The van der Waals surface area contributed by atoms with Gasteiger partial charge in [-0.05, 0) is 31.0 Å². The Hall–Kier alpha value is -1.92. The molecule has 1 N–H and O–H groups in total. The van der Waals surface area contributed by atoms with Crippen molar-refractivity contribution in [1.29, 1.82) is 0 Å². The predicted molar refractivity (Wildman–Crippen MR) is 108 cm³/mol. The third-order valence-electron chi connectivity index (χ3n) is 5.41. The molecule has 1 saturated heterocycles. The summed E-state index contributed by atoms with van der Waals surface area (Å²) in [6.45, 7) is 3.27. The summed E-state index contributed by atoms with van der Waals surface area (Å²) in [6.07, 6.45) is 6.61. The molecule has 0 bridgehead atoms. The summed E-state index contributed by atoms with van der Waals surface area (Å²) in [5, 5.41) is 6.88. The van der Waals surface area contributed by atoms with Gasteiger partial charge in [0.05, 0.1) is 30.5 Å². The zero-order valence-corrected chi connectivity index (χ0v) is 16.5. The minimum absolute atomic E-state index is 0.0789. The van der Waals surface area contributed by atoms with Crippen LogP contribution in [-0.2, 0) is 11.3 Å². The highest BCUT2D eigenvalue weighted by Crippen LogP contribution is 2.34. The molecule has 0 spiro atoms. The van der Waals surface area contributed by atoms with Gasteiger partial charge < -0.3 is 15.0 Å². The van der Waals surface area contributed by atoms with Gasteiger partial charge in [0, 0.05) is 35.6 Å². The summed E-state index contributed by atoms with van der Waals surface area (Å²) >= 11 is 1.79. The van der Waals surface area contributed by atoms with Gasteiger partial charge >= 0.3 is 0 Å². The molecule has 27 heavy (non-hydrogen) atoms. The number of amides is 1. The fourth-order valence-electron chi connectivity index (χ4n) is 3.84. The molecule has 0 unspecified atom stereocenters. The quantitative estimate of drug-likeness (QED) is 0.835. The molecule has 1 saturated carbocycles. The van der Waals surface area contributed by atoms with Crippen molar-refractivity contribution >= 4 is 22.9 Å². The lowest BCUT2D eigenvalue weighted by atomic mass is 9.90. The lowest BCUT2D eigenvalue weighted by Gasteiger charge is -2.27. The zero-order chi connectivity index (χ0) is 18.5. The number of carbonyl (C=O) groups is 1. The van der Waals surface area contributed by atoms with Crippen molar-refractivity contribution in [2.45, 2.75) is 44.6 Å². The monoisotopic (exact) mass is 385 g/mol. The van der Waals surface area contributed by atoms with Crippen LogP contribution in [0.5, 0.6) is 0 Å². The fraction of sp³-hybridized carbons (Fsp3) is 0.524. The lowest BCUT2D eigenvalue weighted by Crippen LogP contribution is -2.40. The topological polar surface area (TPSA) is 54.5 Å². The molecule has 1 aliphatic heterocycles. The summed E-state index contributed by atoms with van der Waals surface area (Å²) < 4.78 is 5.33. The number of rotatable bonds is 5. The largest absolute Gasteiger partial charge is 0.379 e. The molecule has 1 amide bonds. The third-order valence-corrected chi connectivity index (χ3v) is 6.46. The van der Waals surface area contributed by atoms with Crippen molar-refractivity contribution in [1.82, 2.24) is 9.88 Å². The Balaban J connectivity index is 1.36. The number of morpholine rings is 1. The zero-order valence-electron chi connectivity index (χ0n) is 15.7. The molecule has 4 rings (SSSR count). The summed E-state index contributed by atoms with van der Waals surface area (Å²) in [5.41, 5.74) is 2.77. The highest BCUT2D eigenvalue weighted by molar-refractivity contribution is 7.09. The van der Waals surface area contributed by atoms with E-state index in [4.69, 9.17) is 9.72 Å². The number of thiazole rings is 1. The number of ether oxygens (including phenoxy) is 1. The molecule has 1 aromatic carbocycles. The number of aromatic nitrogens is 1. The summed E-state index contributed by atoms with van der Waals surface area (Å²) in [5.74, 6) is 0.738. The molecule has 2 heterocycles. The number of nitrogens with one attached hydrogen (secondary N) is 1. The first-order valence-corrected chi connectivity index (χ1v) is 10.8. The van der Waals surface area contributed by atoms with Crippen molar-refractivity contribution in [2.24, 2.45) is 0 Å². The number of carbonyl (C=O) groups excluding carboxylic acids is 1. The van der Waals surface area contributed by atoms with Gasteiger partial charge in [-0.3, -0.25) is 4.79 Å². The van der Waals surface area contributed by atoms with Crippen LogP contribution < -0.4 is 5.32 Å². The number of benzene rings is 1. The molecule has 2 aliphatic rings. The highest BCUT2D eigenvalue weighted by atomic mass is 32.1. The first kappa shape index (κ1) is 18.4. The SMILES string of the molecule is O=C(c1cccc(NCc2csc(C3CCCCC3)n2)c1)N1CCOCC1. The average Bonchev–Trinajstić information content (AvgIpc) is 3.22. The van der Waals surface area contributed by atoms with Crippen LogP contribution in [0.2, 0.25) is 0 Å². The summed E-state index contributed by atoms with van der Waals surface area (Å²) in [4.78, 5) is 19.3. The molecule has 2 aromatic rings. The number of hydrogen-bond donors (Lipinski definition) is 1. The Kier molecular flexibility index (Phi) is 6.04. The van der Waals surface area contributed by atoms with Crippen molar-refractivity contribution in [3.8, 4) is 0 Å². The second-order valence-corrected chi connectivity index (χ2v) is 8.24. The van der Waals surface area contributed by atoms with Gasteiger partial charge in [-0.25, -0.2) is 4.98 Å². The Labute approximate surface area is 164 Å². The van der Waals surface area contributed by atoms with Gasteiger partial charge in [-0.15, -0.1) is 11.3 Å². The van der Waals surface area contributed by atoms with Crippen LogP contribution in [0, 0.1) is 0 Å². The molecule has 6 heteroatoms. The van der Waals surface area contributed by atoms with Crippen molar-refractivity contribution in [2.75, 3.05) is 31.6 Å². The molecule has 0 atom stereocenters. The summed E-state index contributed by atoms with van der Waals surface area (Å²) in [6, 6.07) is 7.76. The standard InChI is InChI=1S/C21H27N3O2S/c25-21(24-9-11-26-12-10-24)17-7-4-8-18(13-17)22-14-19-15-27-20(23-19)16-5-2-1-3-6-16/h4,7-8,13,15-16,22H,1-3,5-6,9-12,14H2. The maximum atomic E-state index is 12.6. The van der Waals surface area contributed by atoms with Crippen LogP contribution in [-0.4, -0.2) is 42.1 Å². The lowest BCUT2D eigenvalue weighted by molar-refractivity contribution is 0.0303. The Morgan fingerprint density at radius 2 is 2.04 bits per heavy atom. The molecule has 144 valence electrons. The van der Waals surface area contributed by atoms with Crippen LogP contribution in [0.4, 0.5) is 5.69 Å². The number of hydrogen-bond acceptors (Lipinski definition) is 5. The van der Waals surface area contributed by atoms with E-state index in [1.165, 1.54) is 37.1 Å². The van der Waals surface area contributed by atoms with E-state index in [1.807, 2.05) is 29.2 Å². The van der Waals surface area contributed by atoms with Gasteiger partial charge in [-0.1, -0.05) is 25.3 Å². The van der Waals surface area contributed by atoms with Gasteiger partial charge in [0.15, 0.2) is 0 Å². The van der Waals surface area contributed by atoms with Crippen molar-refractivity contribution < 1.29 is 9.53 Å². The minimum Gasteiger partial charge on any atom is -0.379 e. The minimum atomic E-state index is 0.0789. The number of anilines is 1. The van der Waals surface area contributed by atoms with E-state index in [0.29, 0.717) is 38.8 Å². The van der Waals surface area contributed by atoms with E-state index in [1.54, 1.807) is 11.3 Å². The van der Waals surface area contributed by atoms with E-state index in [9.17, 15) is 4.79 Å². The average molecular weight is 386 g/mol. The Morgan fingerprint density at radius 3 is 2.85 bits per heavy atom. The predicted octanol–water partition coefficient (Wildman–Crippen LogP) is 4.28. The maximum absolute atomic E-state index is 12.6. The van der Waals surface area contributed by atoms with Crippen LogP contribution >= 0.6 is 11.3 Å². The molecular formula is C21H27N3O2S. The van der Waals surface area contributed by atoms with E-state index in [2.05, 4.69) is 10.7 Å². The van der Waals surface area contributed by atoms with Crippen LogP contribution in [0.3, 0.4) is 0 Å². The first-order valence-electron chi connectivity index (χ1n) is 9.95. The number of nitrogens with zero attached hydrogens (tertiary/aromatic N) is 2. The van der Waals surface area contributed by atoms with Crippen molar-refractivity contribution in [3.63, 3.8) is 0 Å². The van der Waals surface area contributed by atoms with E-state index in [-0.39, 0.29) is 5.91 Å². The normalized spacial score (nSPS) is 18.4. The smallest absolute Gasteiger partial charge is 0.254 e. The highest BCUT2D eigenvalue weighted by Gasteiger charge is 2.20. The molecular weight excluding hydrogens is 358 g/mol. The fourth-order valence-corrected chi connectivity index (χ4v) is 4.84. The second kappa shape index (κ2) is 8.85. The van der Waals surface area contributed by atoms with E-state index in [0.717, 1.165) is 16.9 Å². The van der Waals surface area contributed by atoms with Crippen LogP contribution in [0.1, 0.15) is 59.1 Å². The van der Waals surface area contributed by atoms with Gasteiger partial charge in [0.1, 0.15) is 0 Å². The molecule has 1 aliphatic carbocycles. The maximum Gasteiger partial charge on any atom is 0.254 e. The van der Waals surface area contributed by atoms with Crippen molar-refractivity contribution in [3.05, 3.63) is 45.9 Å². The van der Waals surface area contributed by atoms with E-state index < -0.39 is 0 Å². The molecule has 2 fully saturated rings. The Morgan fingerprint density at radius 1 is 1.22 bits per heavy atom. The van der Waals surface area contributed by atoms with Gasteiger partial charge in [-0.2, -0.15) is 0 Å². The Bertz CT molecular complexity index is 764. The third kappa shape index (κ3) is 4.68. The first-order chi connectivity index (χ1) is 13.3. The van der Waals surface area contributed by atoms with Crippen LogP contribution in [0.25, 0.3) is 0 Å². The van der Waals surface area contributed by atoms with Gasteiger partial charge in [0.25, 0.3) is 5.91 Å². The van der Waals surface area contributed by atoms with E-state index >= 15 is 0 Å². The summed E-state index contributed by atoms with van der Waals surface area (Å²) in [7, 11) is 0. The molecule has 0 radical (unpaired) electrons. The molecule has 1 aromatic heterocycles.